The molecule has 0 radical (unpaired) electrons. The Bertz CT molecular complexity index is 789. The van der Waals surface area contributed by atoms with Crippen LogP contribution in [0.1, 0.15) is 6.92 Å². The molecule has 2 rings (SSSR count). The van der Waals surface area contributed by atoms with E-state index in [9.17, 15) is 18.0 Å². The SMILES string of the molecule is CC(N)=O.O=c1[nH]c2ccccc2[nH]c1=S(=O)=O. The lowest BCUT2D eigenvalue weighted by atomic mass is 10.3. The topological polar surface area (TPSA) is 126 Å². The van der Waals surface area contributed by atoms with Gasteiger partial charge < -0.3 is 15.7 Å². The van der Waals surface area contributed by atoms with Crippen LogP contribution in [0, 0.1) is 4.64 Å². The van der Waals surface area contributed by atoms with Gasteiger partial charge in [-0.1, -0.05) is 12.1 Å². The molecule has 0 saturated heterocycles. The second-order valence-electron chi connectivity index (χ2n) is 3.30. The highest BCUT2D eigenvalue weighted by Crippen LogP contribution is 2.03. The molecule has 4 N–H and O–H groups in total. The van der Waals surface area contributed by atoms with E-state index in [-0.39, 0.29) is 10.5 Å². The first kappa shape index (κ1) is 13.7. The van der Waals surface area contributed by atoms with Crippen molar-refractivity contribution in [3.8, 4) is 0 Å². The Morgan fingerprint density at radius 3 is 2.06 bits per heavy atom. The minimum Gasteiger partial charge on any atom is -0.370 e. The van der Waals surface area contributed by atoms with Crippen LogP contribution in [0.3, 0.4) is 0 Å². The molecule has 0 aliphatic heterocycles. The summed E-state index contributed by atoms with van der Waals surface area (Å²) in [7, 11) is -2.55. The number of H-pyrrole nitrogens is 2. The monoisotopic (exact) mass is 269 g/mol. The number of para-hydroxylation sites is 2. The Labute approximate surface area is 103 Å². The zero-order chi connectivity index (χ0) is 13.7. The Morgan fingerprint density at radius 2 is 1.61 bits per heavy atom. The molecule has 0 aliphatic rings. The van der Waals surface area contributed by atoms with Gasteiger partial charge in [0.25, 0.3) is 5.56 Å². The molecule has 0 bridgehead atoms. The minimum atomic E-state index is -2.55. The first-order valence-electron chi connectivity index (χ1n) is 4.81. The van der Waals surface area contributed by atoms with Gasteiger partial charge in [0.2, 0.25) is 20.8 Å². The first-order chi connectivity index (χ1) is 8.41. The molecule has 8 heteroatoms. The molecule has 0 spiro atoms. The number of hydrogen-bond acceptors (Lipinski definition) is 4. The number of carbonyl (C=O) groups excluding carboxylic acids is 1. The summed E-state index contributed by atoms with van der Waals surface area (Å²) >= 11 is 0. The van der Waals surface area contributed by atoms with E-state index in [4.69, 9.17) is 0 Å². The molecule has 2 aromatic rings. The molecule has 0 atom stereocenters. The summed E-state index contributed by atoms with van der Waals surface area (Å²) in [6, 6.07) is 6.86. The lowest BCUT2D eigenvalue weighted by Crippen LogP contribution is -2.09. The van der Waals surface area contributed by atoms with Gasteiger partial charge in [-0.3, -0.25) is 9.59 Å². The normalized spacial score (nSPS) is 9.39. The summed E-state index contributed by atoms with van der Waals surface area (Å²) in [5.74, 6) is -0.333. The molecule has 1 aromatic carbocycles. The largest absolute Gasteiger partial charge is 0.370 e. The van der Waals surface area contributed by atoms with Crippen molar-refractivity contribution < 1.29 is 13.2 Å². The first-order valence-corrected chi connectivity index (χ1v) is 5.89. The number of hydrogen-bond donors (Lipinski definition) is 3. The Hall–Kier alpha value is -2.35. The lowest BCUT2D eigenvalue weighted by Gasteiger charge is -1.94. The van der Waals surface area contributed by atoms with Crippen LogP contribution in [0.15, 0.2) is 29.1 Å². The number of fused-ring (bicyclic) bond motifs is 1. The molecule has 96 valence electrons. The summed E-state index contributed by atoms with van der Waals surface area (Å²) in [6.07, 6.45) is 0. The number of nitrogens with two attached hydrogens (primary N) is 1. The van der Waals surface area contributed by atoms with Crippen LogP contribution < -0.4 is 11.3 Å². The molecule has 1 heterocycles. The van der Waals surface area contributed by atoms with Crippen LogP contribution in [-0.2, 0) is 15.1 Å². The maximum atomic E-state index is 11.2. The number of nitrogens with one attached hydrogen (secondary N) is 2. The number of carbonyl (C=O) groups is 1. The van der Waals surface area contributed by atoms with E-state index in [1.54, 1.807) is 24.3 Å². The van der Waals surface area contributed by atoms with Gasteiger partial charge in [-0.15, -0.1) is 0 Å². The number of benzene rings is 1. The van der Waals surface area contributed by atoms with Gasteiger partial charge in [-0.05, 0) is 12.1 Å². The number of aromatic nitrogens is 2. The van der Waals surface area contributed by atoms with Crippen LogP contribution in [0.5, 0.6) is 0 Å². The Morgan fingerprint density at radius 1 is 1.17 bits per heavy atom. The van der Waals surface area contributed by atoms with Gasteiger partial charge in [-0.2, -0.15) is 8.42 Å². The van der Waals surface area contributed by atoms with Crippen LogP contribution in [0.2, 0.25) is 0 Å². The van der Waals surface area contributed by atoms with Gasteiger partial charge in [0.05, 0.1) is 11.0 Å². The molecule has 0 unspecified atom stereocenters. The molecule has 0 aliphatic carbocycles. The third-order valence-electron chi connectivity index (χ3n) is 1.80. The van der Waals surface area contributed by atoms with Crippen molar-refractivity contribution in [2.24, 2.45) is 5.73 Å². The van der Waals surface area contributed by atoms with Crippen LogP contribution in [0.4, 0.5) is 0 Å². The third-order valence-corrected chi connectivity index (χ3v) is 2.42. The smallest absolute Gasteiger partial charge is 0.288 e. The van der Waals surface area contributed by atoms with Crippen molar-refractivity contribution >= 4 is 27.2 Å². The highest BCUT2D eigenvalue weighted by Gasteiger charge is 1.96. The molecule has 7 nitrogen and oxygen atoms in total. The number of primary amides is 1. The lowest BCUT2D eigenvalue weighted by molar-refractivity contribution is -0.115. The van der Waals surface area contributed by atoms with Gasteiger partial charge in [0.1, 0.15) is 0 Å². The average Bonchev–Trinajstić information content (AvgIpc) is 2.27. The van der Waals surface area contributed by atoms with Gasteiger partial charge >= 0.3 is 0 Å². The van der Waals surface area contributed by atoms with E-state index in [2.05, 4.69) is 15.7 Å². The van der Waals surface area contributed by atoms with E-state index in [0.29, 0.717) is 11.0 Å². The average molecular weight is 269 g/mol. The van der Waals surface area contributed by atoms with E-state index in [1.807, 2.05) is 0 Å². The maximum Gasteiger partial charge on any atom is 0.288 e. The van der Waals surface area contributed by atoms with E-state index in [1.165, 1.54) is 6.92 Å². The molecular formula is C10H11N3O4S. The quantitative estimate of drug-likeness (QED) is 0.570. The zero-order valence-electron chi connectivity index (χ0n) is 9.43. The highest BCUT2D eigenvalue weighted by atomic mass is 32.2. The molecule has 1 amide bonds. The van der Waals surface area contributed by atoms with Gasteiger partial charge in [0, 0.05) is 6.92 Å². The van der Waals surface area contributed by atoms with Crippen molar-refractivity contribution in [1.82, 2.24) is 9.97 Å². The molecule has 1 aromatic heterocycles. The number of amides is 1. The van der Waals surface area contributed by atoms with Crippen LogP contribution >= 0.6 is 0 Å². The van der Waals surface area contributed by atoms with Gasteiger partial charge in [0.15, 0.2) is 0 Å². The van der Waals surface area contributed by atoms with Gasteiger partial charge in [-0.25, -0.2) is 0 Å². The van der Waals surface area contributed by atoms with E-state index < -0.39 is 15.9 Å². The molecular weight excluding hydrogens is 258 g/mol. The fourth-order valence-corrected chi connectivity index (χ4v) is 1.57. The summed E-state index contributed by atoms with van der Waals surface area (Å²) < 4.78 is 20.9. The van der Waals surface area contributed by atoms with Crippen LogP contribution in [0.25, 0.3) is 11.0 Å². The maximum absolute atomic E-state index is 11.2. The fourth-order valence-electron chi connectivity index (χ4n) is 1.18. The summed E-state index contributed by atoms with van der Waals surface area (Å²) in [6.45, 7) is 1.31. The molecule has 0 fully saturated rings. The third kappa shape index (κ3) is 3.59. The van der Waals surface area contributed by atoms with Crippen LogP contribution in [-0.4, -0.2) is 24.3 Å². The van der Waals surface area contributed by atoms with Crippen molar-refractivity contribution in [2.45, 2.75) is 6.92 Å². The number of rotatable bonds is 0. The second-order valence-corrected chi connectivity index (χ2v) is 4.18. The summed E-state index contributed by atoms with van der Waals surface area (Å²) in [5, 5.41) is 0. The van der Waals surface area contributed by atoms with Crippen molar-refractivity contribution in [1.29, 1.82) is 0 Å². The zero-order valence-corrected chi connectivity index (χ0v) is 10.2. The molecule has 0 saturated carbocycles. The van der Waals surface area contributed by atoms with E-state index >= 15 is 0 Å². The second kappa shape index (κ2) is 5.82. The van der Waals surface area contributed by atoms with E-state index in [0.717, 1.165) is 0 Å². The summed E-state index contributed by atoms with van der Waals surface area (Å²) in [5.41, 5.74) is 4.98. The Kier molecular flexibility index (Phi) is 4.44. The predicted molar refractivity (Wildman–Crippen MR) is 66.0 cm³/mol. The highest BCUT2D eigenvalue weighted by molar-refractivity contribution is 7.63. The standard InChI is InChI=1S/C8H6N2O3S.C2H5NO/c11-7-8(14(12)13)10-6-4-2-1-3-5(6)9-7;1-2(3)4/h1-4,10H,(H,9,11);1H3,(H2,3,4). The Balaban J connectivity index is 0.000000357. The predicted octanol–water partition coefficient (Wildman–Crippen LogP) is -0.241. The minimum absolute atomic E-state index is 0.333. The summed E-state index contributed by atoms with van der Waals surface area (Å²) in [4.78, 5) is 25.4. The number of aromatic amines is 2. The van der Waals surface area contributed by atoms with Crippen molar-refractivity contribution in [3.05, 3.63) is 39.3 Å². The van der Waals surface area contributed by atoms with Crippen molar-refractivity contribution in [2.75, 3.05) is 0 Å². The fraction of sp³-hybridized carbons (Fsp3) is 0.100. The molecule has 18 heavy (non-hydrogen) atoms. The van der Waals surface area contributed by atoms with Crippen molar-refractivity contribution in [3.63, 3.8) is 0 Å².